The SMILES string of the molecule is CC(C)(C)OC(=O)N1CCC[C@@]1(C)/C=C/S(=O)(=NC#N)NC(=O)Nc1c2c(cc3c1CCC3)CCC2. The number of hydrogen-bond acceptors (Lipinski definition) is 6. The normalized spacial score (nSPS) is 22.5. The molecule has 10 heteroatoms. The Kier molecular flexibility index (Phi) is 7.06. The molecule has 194 valence electrons. The van der Waals surface area contributed by atoms with Crippen LogP contribution in [0.1, 0.15) is 75.6 Å². The van der Waals surface area contributed by atoms with Gasteiger partial charge in [-0.3, -0.25) is 4.90 Å². The molecule has 1 aromatic rings. The highest BCUT2D eigenvalue weighted by Gasteiger charge is 2.40. The third kappa shape index (κ3) is 5.51. The number of ether oxygens (including phenoxy) is 1. The van der Waals surface area contributed by atoms with Gasteiger partial charge in [0.2, 0.25) is 6.19 Å². The molecule has 2 aliphatic carbocycles. The molecule has 9 nitrogen and oxygen atoms in total. The van der Waals surface area contributed by atoms with E-state index in [1.165, 1.54) is 16.5 Å². The van der Waals surface area contributed by atoms with E-state index in [9.17, 15) is 19.1 Å². The van der Waals surface area contributed by atoms with E-state index in [1.807, 2.05) is 6.92 Å². The molecule has 2 N–H and O–H groups in total. The second-order valence-corrected chi connectivity index (χ2v) is 12.7. The Morgan fingerprint density at radius 2 is 1.81 bits per heavy atom. The number of fused-ring (bicyclic) bond motifs is 2. The molecule has 0 spiro atoms. The average molecular weight is 514 g/mol. The Balaban J connectivity index is 1.54. The van der Waals surface area contributed by atoms with Crippen LogP contribution in [0.25, 0.3) is 0 Å². The molecular weight excluding hydrogens is 478 g/mol. The van der Waals surface area contributed by atoms with E-state index in [1.54, 1.807) is 37.9 Å². The first-order valence-corrected chi connectivity index (χ1v) is 14.1. The Morgan fingerprint density at radius 3 is 2.39 bits per heavy atom. The van der Waals surface area contributed by atoms with Crippen molar-refractivity contribution >= 4 is 27.7 Å². The van der Waals surface area contributed by atoms with E-state index in [0.29, 0.717) is 13.0 Å². The van der Waals surface area contributed by atoms with Crippen LogP contribution in [0.5, 0.6) is 0 Å². The molecule has 0 radical (unpaired) electrons. The number of anilines is 1. The summed E-state index contributed by atoms with van der Waals surface area (Å²) in [6.45, 7) is 7.72. The van der Waals surface area contributed by atoms with Crippen molar-refractivity contribution in [2.45, 2.75) is 90.2 Å². The van der Waals surface area contributed by atoms with Crippen molar-refractivity contribution in [1.82, 2.24) is 9.62 Å². The number of urea groups is 1. The average Bonchev–Trinajstić information content (AvgIpc) is 3.51. The van der Waals surface area contributed by atoms with Gasteiger partial charge < -0.3 is 10.1 Å². The van der Waals surface area contributed by atoms with Crippen LogP contribution in [-0.2, 0) is 40.3 Å². The van der Waals surface area contributed by atoms with Gasteiger partial charge >= 0.3 is 12.1 Å². The molecule has 1 fully saturated rings. The third-order valence-corrected chi connectivity index (χ3v) is 8.37. The van der Waals surface area contributed by atoms with Crippen LogP contribution in [0.4, 0.5) is 15.3 Å². The summed E-state index contributed by atoms with van der Waals surface area (Å²) in [5.74, 6) is 0. The minimum absolute atomic E-state index is 0.464. The zero-order valence-electron chi connectivity index (χ0n) is 21.5. The van der Waals surface area contributed by atoms with E-state index >= 15 is 0 Å². The maximum Gasteiger partial charge on any atom is 0.410 e. The van der Waals surface area contributed by atoms with Gasteiger partial charge in [-0.2, -0.15) is 5.26 Å². The molecule has 0 bridgehead atoms. The van der Waals surface area contributed by atoms with Crippen molar-refractivity contribution in [1.29, 1.82) is 5.26 Å². The van der Waals surface area contributed by atoms with Gasteiger partial charge in [-0.1, -0.05) is 10.4 Å². The van der Waals surface area contributed by atoms with Gasteiger partial charge in [0.15, 0.2) is 9.92 Å². The summed E-state index contributed by atoms with van der Waals surface area (Å²) in [5, 5.41) is 13.4. The minimum Gasteiger partial charge on any atom is -0.444 e. The van der Waals surface area contributed by atoms with E-state index in [4.69, 9.17) is 4.74 Å². The highest BCUT2D eigenvalue weighted by molar-refractivity contribution is 7.95. The number of nitriles is 1. The molecule has 2 atom stereocenters. The molecule has 0 aromatic heterocycles. The summed E-state index contributed by atoms with van der Waals surface area (Å²) >= 11 is 0. The van der Waals surface area contributed by atoms with Crippen molar-refractivity contribution in [2.24, 2.45) is 4.36 Å². The van der Waals surface area contributed by atoms with Crippen molar-refractivity contribution in [3.05, 3.63) is 39.8 Å². The van der Waals surface area contributed by atoms with Crippen LogP contribution in [0.15, 0.2) is 21.9 Å². The number of likely N-dealkylation sites (tertiary alicyclic amines) is 1. The van der Waals surface area contributed by atoms with Crippen LogP contribution < -0.4 is 10.0 Å². The summed E-state index contributed by atoms with van der Waals surface area (Å²) in [6.07, 6.45) is 9.94. The highest BCUT2D eigenvalue weighted by atomic mass is 32.2. The van der Waals surface area contributed by atoms with Gasteiger partial charge in [-0.25, -0.2) is 18.5 Å². The summed E-state index contributed by atoms with van der Waals surface area (Å²) in [7, 11) is -3.55. The number of benzene rings is 1. The molecule has 3 aliphatic rings. The van der Waals surface area contributed by atoms with Gasteiger partial charge in [0.05, 0.1) is 5.54 Å². The first kappa shape index (κ1) is 26.0. The summed E-state index contributed by atoms with van der Waals surface area (Å²) in [5.41, 5.74) is 4.22. The molecule has 36 heavy (non-hydrogen) atoms. The second-order valence-electron chi connectivity index (χ2n) is 10.9. The summed E-state index contributed by atoms with van der Waals surface area (Å²) < 4.78 is 25.0. The number of nitrogens with zero attached hydrogens (tertiary/aromatic N) is 3. The first-order valence-electron chi connectivity index (χ1n) is 12.5. The maximum atomic E-state index is 13.5. The fourth-order valence-electron chi connectivity index (χ4n) is 5.40. The number of carbonyl (C=O) groups is 2. The third-order valence-electron chi connectivity index (χ3n) is 7.03. The smallest absolute Gasteiger partial charge is 0.410 e. The molecule has 1 saturated heterocycles. The van der Waals surface area contributed by atoms with Crippen LogP contribution in [-0.4, -0.2) is 38.9 Å². The Bertz CT molecular complexity index is 1230. The highest BCUT2D eigenvalue weighted by Crippen LogP contribution is 2.38. The van der Waals surface area contributed by atoms with Gasteiger partial charge in [0.25, 0.3) is 0 Å². The molecular formula is C26H35N5O4S. The van der Waals surface area contributed by atoms with Crippen LogP contribution in [0.2, 0.25) is 0 Å². The van der Waals surface area contributed by atoms with Crippen molar-refractivity contribution in [3.8, 4) is 6.19 Å². The van der Waals surface area contributed by atoms with Crippen molar-refractivity contribution < 1.29 is 18.5 Å². The van der Waals surface area contributed by atoms with E-state index in [-0.39, 0.29) is 0 Å². The molecule has 3 amide bonds. The van der Waals surface area contributed by atoms with Gasteiger partial charge in [-0.05, 0) is 107 Å². The second kappa shape index (κ2) is 9.77. The lowest BCUT2D eigenvalue weighted by Crippen LogP contribution is -2.46. The summed E-state index contributed by atoms with van der Waals surface area (Å²) in [6, 6.07) is 1.60. The van der Waals surface area contributed by atoms with Crippen LogP contribution in [0.3, 0.4) is 0 Å². The zero-order valence-corrected chi connectivity index (χ0v) is 22.3. The van der Waals surface area contributed by atoms with Crippen LogP contribution in [0, 0.1) is 11.5 Å². The largest absolute Gasteiger partial charge is 0.444 e. The van der Waals surface area contributed by atoms with E-state index in [0.717, 1.165) is 61.8 Å². The number of hydrogen-bond donors (Lipinski definition) is 2. The predicted molar refractivity (Wildman–Crippen MR) is 139 cm³/mol. The fraction of sp³-hybridized carbons (Fsp3) is 0.577. The Labute approximate surface area is 213 Å². The van der Waals surface area contributed by atoms with E-state index < -0.39 is 33.2 Å². The predicted octanol–water partition coefficient (Wildman–Crippen LogP) is 4.95. The number of carbonyl (C=O) groups excluding carboxylic acids is 2. The Morgan fingerprint density at radius 1 is 1.17 bits per heavy atom. The maximum absolute atomic E-state index is 13.5. The number of rotatable bonds is 4. The lowest BCUT2D eigenvalue weighted by molar-refractivity contribution is 0.0169. The lowest BCUT2D eigenvalue weighted by Gasteiger charge is -2.34. The van der Waals surface area contributed by atoms with Gasteiger partial charge in [0, 0.05) is 17.6 Å². The number of amides is 3. The topological polar surface area (TPSA) is 124 Å². The van der Waals surface area contributed by atoms with Crippen LogP contribution >= 0.6 is 0 Å². The standard InChI is InChI=1S/C26H35N5O4S/c1-25(2,3)35-24(33)31-14-7-12-26(31,4)13-15-36(34,28-17-27)30-23(32)29-22-20-10-5-8-18(20)16-19-9-6-11-21(19)22/h13,15-16H,5-12,14H2,1-4H3,(H2,28,29,30,32,34)/b15-13+/t26-,36?/m0/s1. The fourth-order valence-corrected chi connectivity index (χ4v) is 6.49. The quantitative estimate of drug-likeness (QED) is 0.551. The van der Waals surface area contributed by atoms with E-state index in [2.05, 4.69) is 20.5 Å². The number of nitrogens with one attached hydrogen (secondary N) is 2. The molecule has 1 aliphatic heterocycles. The Hall–Kier alpha value is -3.06. The molecule has 1 heterocycles. The van der Waals surface area contributed by atoms with Crippen molar-refractivity contribution in [2.75, 3.05) is 11.9 Å². The first-order chi connectivity index (χ1) is 16.9. The number of aryl methyl sites for hydroxylation is 2. The summed E-state index contributed by atoms with van der Waals surface area (Å²) in [4.78, 5) is 27.3. The molecule has 0 saturated carbocycles. The molecule has 1 aromatic carbocycles. The zero-order chi connectivity index (χ0) is 26.1. The van der Waals surface area contributed by atoms with Gasteiger partial charge in [0.1, 0.15) is 5.60 Å². The lowest BCUT2D eigenvalue weighted by atomic mass is 9.99. The minimum atomic E-state index is -3.55. The van der Waals surface area contributed by atoms with Crippen molar-refractivity contribution in [3.63, 3.8) is 0 Å². The monoisotopic (exact) mass is 513 g/mol. The van der Waals surface area contributed by atoms with Gasteiger partial charge in [-0.15, -0.1) is 0 Å². The molecule has 1 unspecified atom stereocenters. The molecule has 4 rings (SSSR count).